The summed E-state index contributed by atoms with van der Waals surface area (Å²) in [7, 11) is 1.69. The van der Waals surface area contributed by atoms with Gasteiger partial charge in [-0.3, -0.25) is 4.90 Å². The highest BCUT2D eigenvalue weighted by Crippen LogP contribution is 2.24. The topological polar surface area (TPSA) is 35.9 Å². The van der Waals surface area contributed by atoms with Gasteiger partial charge in [0.1, 0.15) is 5.75 Å². The van der Waals surface area contributed by atoms with Crippen molar-refractivity contribution in [3.8, 4) is 5.75 Å². The van der Waals surface area contributed by atoms with Crippen LogP contribution in [0.15, 0.2) is 66.7 Å². The minimum atomic E-state index is -0.413. The summed E-state index contributed by atoms with van der Waals surface area (Å²) < 4.78 is 5.24. The molecular formula is C24H28N2O2. The molecule has 1 aliphatic rings. The predicted molar refractivity (Wildman–Crippen MR) is 115 cm³/mol. The lowest BCUT2D eigenvalue weighted by molar-refractivity contribution is 0.139. The Labute approximate surface area is 167 Å². The Bertz CT molecular complexity index is 902. The zero-order chi connectivity index (χ0) is 19.3. The Balaban J connectivity index is 1.28. The number of hydrogen-bond acceptors (Lipinski definition) is 4. The highest BCUT2D eigenvalue weighted by molar-refractivity contribution is 5.83. The number of anilines is 1. The summed E-state index contributed by atoms with van der Waals surface area (Å²) in [6.45, 7) is 4.99. The first kappa shape index (κ1) is 18.8. The van der Waals surface area contributed by atoms with Crippen molar-refractivity contribution in [1.82, 2.24) is 4.90 Å². The second-order valence-corrected chi connectivity index (χ2v) is 7.44. The Morgan fingerprint density at radius 3 is 2.32 bits per heavy atom. The zero-order valence-electron chi connectivity index (χ0n) is 16.4. The third kappa shape index (κ3) is 4.29. The van der Waals surface area contributed by atoms with Crippen LogP contribution in [0.3, 0.4) is 0 Å². The van der Waals surface area contributed by atoms with Gasteiger partial charge in [0.25, 0.3) is 0 Å². The molecule has 0 amide bonds. The molecule has 0 spiro atoms. The molecule has 4 rings (SSSR count). The molecule has 3 aromatic carbocycles. The molecule has 1 aliphatic heterocycles. The molecule has 4 nitrogen and oxygen atoms in total. The number of aliphatic hydroxyl groups is 1. The van der Waals surface area contributed by atoms with Crippen molar-refractivity contribution < 1.29 is 9.84 Å². The first-order valence-corrected chi connectivity index (χ1v) is 10.0. The smallest absolute Gasteiger partial charge is 0.119 e. The van der Waals surface area contributed by atoms with Crippen LogP contribution < -0.4 is 9.64 Å². The fourth-order valence-electron chi connectivity index (χ4n) is 3.91. The first-order valence-electron chi connectivity index (χ1n) is 10.0. The van der Waals surface area contributed by atoms with Crippen molar-refractivity contribution in [2.24, 2.45) is 0 Å². The molecule has 3 aromatic rings. The average Bonchev–Trinajstić information content (AvgIpc) is 2.77. The lowest BCUT2D eigenvalue weighted by atomic mass is 10.0. The number of hydrogen-bond donors (Lipinski definition) is 1. The number of ether oxygens (including phenoxy) is 1. The van der Waals surface area contributed by atoms with Crippen LogP contribution in [0.1, 0.15) is 18.1 Å². The summed E-state index contributed by atoms with van der Waals surface area (Å²) in [4.78, 5) is 4.86. The number of methoxy groups -OCH3 is 1. The van der Waals surface area contributed by atoms with Gasteiger partial charge >= 0.3 is 0 Å². The molecule has 1 saturated heterocycles. The van der Waals surface area contributed by atoms with E-state index in [4.69, 9.17) is 4.74 Å². The van der Waals surface area contributed by atoms with E-state index in [9.17, 15) is 5.11 Å². The van der Waals surface area contributed by atoms with E-state index in [1.165, 1.54) is 16.5 Å². The van der Waals surface area contributed by atoms with Gasteiger partial charge in [0.2, 0.25) is 0 Å². The van der Waals surface area contributed by atoms with E-state index in [1.807, 2.05) is 24.3 Å². The lowest BCUT2D eigenvalue weighted by Crippen LogP contribution is -2.46. The molecule has 1 fully saturated rings. The molecule has 0 radical (unpaired) electrons. The molecular weight excluding hydrogens is 348 g/mol. The molecule has 0 saturated carbocycles. The van der Waals surface area contributed by atoms with E-state index >= 15 is 0 Å². The highest BCUT2D eigenvalue weighted by atomic mass is 16.5. The molecule has 1 atom stereocenters. The SMILES string of the molecule is COc1ccc(N2CCN(CC[C@H](O)c3ccc4ccccc4c3)CC2)cc1. The number of nitrogens with zero attached hydrogens (tertiary/aromatic N) is 2. The normalized spacial score (nSPS) is 16.3. The van der Waals surface area contributed by atoms with E-state index in [2.05, 4.69) is 52.3 Å². The van der Waals surface area contributed by atoms with Crippen molar-refractivity contribution in [1.29, 1.82) is 0 Å². The van der Waals surface area contributed by atoms with Gasteiger partial charge in [0, 0.05) is 38.4 Å². The number of benzene rings is 3. The number of aliphatic hydroxyl groups excluding tert-OH is 1. The van der Waals surface area contributed by atoms with Crippen molar-refractivity contribution in [3.05, 3.63) is 72.3 Å². The minimum Gasteiger partial charge on any atom is -0.497 e. The largest absolute Gasteiger partial charge is 0.497 e. The lowest BCUT2D eigenvalue weighted by Gasteiger charge is -2.36. The monoisotopic (exact) mass is 376 g/mol. The third-order valence-electron chi connectivity index (χ3n) is 5.69. The standard InChI is InChI=1S/C24H28N2O2/c1-28-23-10-8-22(9-11-23)26-16-14-25(15-17-26)13-12-24(27)21-7-6-19-4-2-3-5-20(19)18-21/h2-11,18,24,27H,12-17H2,1H3/t24-/m0/s1. The van der Waals surface area contributed by atoms with Crippen LogP contribution >= 0.6 is 0 Å². The second kappa shape index (κ2) is 8.63. The van der Waals surface area contributed by atoms with Crippen LogP contribution in [0, 0.1) is 0 Å². The Kier molecular flexibility index (Phi) is 5.79. The number of piperazine rings is 1. The molecule has 28 heavy (non-hydrogen) atoms. The van der Waals surface area contributed by atoms with Crippen LogP contribution in [0.25, 0.3) is 10.8 Å². The Hall–Kier alpha value is -2.56. The average molecular weight is 377 g/mol. The quantitative estimate of drug-likeness (QED) is 0.703. The van der Waals surface area contributed by atoms with E-state index in [-0.39, 0.29) is 0 Å². The van der Waals surface area contributed by atoms with Gasteiger partial charge in [-0.15, -0.1) is 0 Å². The van der Waals surface area contributed by atoms with Crippen LogP contribution in [-0.2, 0) is 0 Å². The predicted octanol–water partition coefficient (Wildman–Crippen LogP) is 4.09. The zero-order valence-corrected chi connectivity index (χ0v) is 16.4. The minimum absolute atomic E-state index is 0.413. The van der Waals surface area contributed by atoms with Gasteiger partial charge in [-0.2, -0.15) is 0 Å². The van der Waals surface area contributed by atoms with Crippen molar-refractivity contribution >= 4 is 16.5 Å². The first-order chi connectivity index (χ1) is 13.7. The summed E-state index contributed by atoms with van der Waals surface area (Å²) in [5, 5.41) is 13.0. The molecule has 0 aromatic heterocycles. The van der Waals surface area contributed by atoms with E-state index < -0.39 is 6.10 Å². The highest BCUT2D eigenvalue weighted by Gasteiger charge is 2.18. The van der Waals surface area contributed by atoms with Crippen LogP contribution in [0.2, 0.25) is 0 Å². The second-order valence-electron chi connectivity index (χ2n) is 7.44. The summed E-state index contributed by atoms with van der Waals surface area (Å²) >= 11 is 0. The maximum absolute atomic E-state index is 10.6. The van der Waals surface area contributed by atoms with Gasteiger partial charge < -0.3 is 14.7 Å². The third-order valence-corrected chi connectivity index (χ3v) is 5.69. The van der Waals surface area contributed by atoms with E-state index in [1.54, 1.807) is 7.11 Å². The van der Waals surface area contributed by atoms with E-state index in [0.717, 1.165) is 50.5 Å². The number of fused-ring (bicyclic) bond motifs is 1. The molecule has 0 unspecified atom stereocenters. The van der Waals surface area contributed by atoms with E-state index in [0.29, 0.717) is 0 Å². The van der Waals surface area contributed by atoms with Crippen LogP contribution in [-0.4, -0.2) is 49.8 Å². The molecule has 0 aliphatic carbocycles. The van der Waals surface area contributed by atoms with Gasteiger partial charge in [0.05, 0.1) is 13.2 Å². The van der Waals surface area contributed by atoms with Gasteiger partial charge in [-0.25, -0.2) is 0 Å². The Morgan fingerprint density at radius 2 is 1.61 bits per heavy atom. The van der Waals surface area contributed by atoms with Gasteiger partial charge in [-0.05, 0) is 53.1 Å². The van der Waals surface area contributed by atoms with Gasteiger partial charge in [0.15, 0.2) is 0 Å². The maximum Gasteiger partial charge on any atom is 0.119 e. The number of rotatable bonds is 6. The maximum atomic E-state index is 10.6. The van der Waals surface area contributed by atoms with Crippen molar-refractivity contribution in [2.75, 3.05) is 44.7 Å². The van der Waals surface area contributed by atoms with Crippen molar-refractivity contribution in [3.63, 3.8) is 0 Å². The fraction of sp³-hybridized carbons (Fsp3) is 0.333. The fourth-order valence-corrected chi connectivity index (χ4v) is 3.91. The van der Waals surface area contributed by atoms with Gasteiger partial charge in [-0.1, -0.05) is 36.4 Å². The molecule has 1 heterocycles. The summed E-state index contributed by atoms with van der Waals surface area (Å²) in [5.41, 5.74) is 2.26. The van der Waals surface area contributed by atoms with Crippen LogP contribution in [0.4, 0.5) is 5.69 Å². The molecule has 1 N–H and O–H groups in total. The molecule has 146 valence electrons. The van der Waals surface area contributed by atoms with Crippen LogP contribution in [0.5, 0.6) is 5.75 Å². The summed E-state index contributed by atoms with van der Waals surface area (Å²) in [6.07, 6.45) is 0.352. The Morgan fingerprint density at radius 1 is 0.893 bits per heavy atom. The van der Waals surface area contributed by atoms with Crippen molar-refractivity contribution in [2.45, 2.75) is 12.5 Å². The molecule has 0 bridgehead atoms. The summed E-state index contributed by atoms with van der Waals surface area (Å²) in [6, 6.07) is 22.8. The summed E-state index contributed by atoms with van der Waals surface area (Å²) in [5.74, 6) is 0.894. The molecule has 4 heteroatoms.